The summed E-state index contributed by atoms with van der Waals surface area (Å²) in [4.78, 5) is 25.4. The molecule has 3 nitrogen and oxygen atoms in total. The standard InChI is InChI=1S/C23H44O3Si/c1-13-14-16(2)18(4)19(5)21(25)23(9,10)20(15-17(3)24)26-27(11,12)22(6,7)8/h13,16,18-20H,1,14-15H2,2-12H3/t16-,18-,19+,20-/m0/s1. The highest BCUT2D eigenvalue weighted by Crippen LogP contribution is 2.42. The number of hydrogen-bond donors (Lipinski definition) is 0. The SMILES string of the molecule is C=CC[C@H](C)[C@H](C)[C@@H](C)C(=O)C(C)(C)[C@H](CC(C)=O)O[Si](C)(C)C(C)(C)C. The highest BCUT2D eigenvalue weighted by molar-refractivity contribution is 6.74. The first-order chi connectivity index (χ1) is 12.0. The molecule has 0 rings (SSSR count). The van der Waals surface area contributed by atoms with Crippen LogP contribution in [0.4, 0.5) is 0 Å². The van der Waals surface area contributed by atoms with Gasteiger partial charge in [-0.25, -0.2) is 0 Å². The normalized spacial score (nSPS) is 17.7. The maximum Gasteiger partial charge on any atom is 0.192 e. The van der Waals surface area contributed by atoms with E-state index in [0.717, 1.165) is 6.42 Å². The maximum absolute atomic E-state index is 13.5. The van der Waals surface area contributed by atoms with Crippen LogP contribution in [-0.4, -0.2) is 26.0 Å². The fraction of sp³-hybridized carbons (Fsp3) is 0.826. The van der Waals surface area contributed by atoms with Gasteiger partial charge in [0.1, 0.15) is 11.6 Å². The molecule has 158 valence electrons. The minimum atomic E-state index is -2.10. The van der Waals surface area contributed by atoms with E-state index in [1.165, 1.54) is 0 Å². The molecule has 4 heteroatoms. The van der Waals surface area contributed by atoms with E-state index in [4.69, 9.17) is 4.43 Å². The number of hydrogen-bond acceptors (Lipinski definition) is 3. The van der Waals surface area contributed by atoms with Crippen LogP contribution >= 0.6 is 0 Å². The lowest BCUT2D eigenvalue weighted by atomic mass is 9.70. The van der Waals surface area contributed by atoms with Gasteiger partial charge in [-0.15, -0.1) is 6.58 Å². The Labute approximate surface area is 169 Å². The minimum Gasteiger partial charge on any atom is -0.412 e. The zero-order valence-electron chi connectivity index (χ0n) is 19.7. The van der Waals surface area contributed by atoms with Gasteiger partial charge in [0.2, 0.25) is 0 Å². The topological polar surface area (TPSA) is 43.4 Å². The molecule has 0 unspecified atom stereocenters. The van der Waals surface area contributed by atoms with Crippen molar-refractivity contribution in [3.63, 3.8) is 0 Å². The summed E-state index contributed by atoms with van der Waals surface area (Å²) < 4.78 is 6.62. The van der Waals surface area contributed by atoms with Gasteiger partial charge in [0, 0.05) is 17.8 Å². The van der Waals surface area contributed by atoms with Gasteiger partial charge in [0.15, 0.2) is 8.32 Å². The lowest BCUT2D eigenvalue weighted by molar-refractivity contribution is -0.139. The molecule has 0 bridgehead atoms. The summed E-state index contributed by atoms with van der Waals surface area (Å²) in [5, 5.41) is 0.0263. The molecule has 0 saturated heterocycles. The first-order valence-electron chi connectivity index (χ1n) is 10.3. The molecule has 0 heterocycles. The van der Waals surface area contributed by atoms with Gasteiger partial charge in [-0.2, -0.15) is 0 Å². The van der Waals surface area contributed by atoms with Crippen molar-refractivity contribution in [1.29, 1.82) is 0 Å². The van der Waals surface area contributed by atoms with Crippen molar-refractivity contribution in [3.8, 4) is 0 Å². The number of carbonyl (C=O) groups is 2. The Morgan fingerprint density at radius 2 is 1.56 bits per heavy atom. The summed E-state index contributed by atoms with van der Waals surface area (Å²) in [6.07, 6.45) is 2.72. The molecule has 4 atom stereocenters. The fourth-order valence-corrected chi connectivity index (χ4v) is 4.64. The highest BCUT2D eigenvalue weighted by atomic mass is 28.4. The zero-order chi connectivity index (χ0) is 21.8. The predicted octanol–water partition coefficient (Wildman–Crippen LogP) is 6.44. The number of allylic oxidation sites excluding steroid dienone is 1. The summed E-state index contributed by atoms with van der Waals surface area (Å²) >= 11 is 0. The molecular formula is C23H44O3Si. The molecule has 0 spiro atoms. The summed E-state index contributed by atoms with van der Waals surface area (Å²) in [6.45, 7) is 26.5. The average Bonchev–Trinajstić information content (AvgIpc) is 2.50. The third-order valence-corrected chi connectivity index (χ3v) is 11.3. The Morgan fingerprint density at radius 3 is 1.93 bits per heavy atom. The Morgan fingerprint density at radius 1 is 1.07 bits per heavy atom. The Kier molecular flexibility index (Phi) is 9.38. The van der Waals surface area contributed by atoms with Crippen LogP contribution in [-0.2, 0) is 14.0 Å². The van der Waals surface area contributed by atoms with E-state index in [2.05, 4.69) is 54.3 Å². The molecule has 0 aromatic heterocycles. The van der Waals surface area contributed by atoms with Gasteiger partial charge < -0.3 is 4.43 Å². The lowest BCUT2D eigenvalue weighted by Gasteiger charge is -2.44. The van der Waals surface area contributed by atoms with E-state index in [1.807, 2.05) is 26.8 Å². The fourth-order valence-electron chi connectivity index (χ4n) is 3.19. The molecular weight excluding hydrogens is 352 g/mol. The van der Waals surface area contributed by atoms with Crippen LogP contribution in [0.3, 0.4) is 0 Å². The van der Waals surface area contributed by atoms with Crippen molar-refractivity contribution >= 4 is 19.9 Å². The Bertz CT molecular complexity index is 528. The van der Waals surface area contributed by atoms with Gasteiger partial charge in [-0.1, -0.05) is 61.5 Å². The van der Waals surface area contributed by atoms with Crippen LogP contribution < -0.4 is 0 Å². The predicted molar refractivity (Wildman–Crippen MR) is 118 cm³/mol. The summed E-state index contributed by atoms with van der Waals surface area (Å²) in [5.74, 6) is 0.814. The summed E-state index contributed by atoms with van der Waals surface area (Å²) in [7, 11) is -2.10. The maximum atomic E-state index is 13.5. The molecule has 0 N–H and O–H groups in total. The number of rotatable bonds is 11. The van der Waals surface area contributed by atoms with E-state index < -0.39 is 13.7 Å². The van der Waals surface area contributed by atoms with Crippen LogP contribution in [0.2, 0.25) is 18.1 Å². The number of Topliss-reactive ketones (excluding diaryl/α,β-unsaturated/α-hetero) is 2. The van der Waals surface area contributed by atoms with E-state index in [0.29, 0.717) is 5.92 Å². The van der Waals surface area contributed by atoms with Gasteiger partial charge in [0.05, 0.1) is 6.10 Å². The minimum absolute atomic E-state index is 0.0263. The molecule has 0 aromatic carbocycles. The third-order valence-electron chi connectivity index (χ3n) is 6.79. The van der Waals surface area contributed by atoms with Crippen LogP contribution in [0, 0.1) is 23.2 Å². The van der Waals surface area contributed by atoms with Crippen molar-refractivity contribution in [1.82, 2.24) is 0 Å². The summed E-state index contributed by atoms with van der Waals surface area (Å²) in [6, 6.07) is 0. The van der Waals surface area contributed by atoms with Crippen molar-refractivity contribution in [2.45, 2.75) is 99.4 Å². The Balaban J connectivity index is 5.71. The van der Waals surface area contributed by atoms with Gasteiger partial charge >= 0.3 is 0 Å². The quantitative estimate of drug-likeness (QED) is 0.298. The van der Waals surface area contributed by atoms with Crippen molar-refractivity contribution < 1.29 is 14.0 Å². The van der Waals surface area contributed by atoms with Crippen molar-refractivity contribution in [2.24, 2.45) is 23.2 Å². The second kappa shape index (κ2) is 9.64. The molecule has 0 saturated carbocycles. The van der Waals surface area contributed by atoms with Crippen LogP contribution in [0.1, 0.15) is 75.2 Å². The van der Waals surface area contributed by atoms with E-state index in [1.54, 1.807) is 6.92 Å². The lowest BCUT2D eigenvalue weighted by Crippen LogP contribution is -2.52. The van der Waals surface area contributed by atoms with E-state index in [-0.39, 0.29) is 41.0 Å². The second-order valence-electron chi connectivity index (χ2n) is 10.5. The number of ketones is 2. The van der Waals surface area contributed by atoms with Crippen LogP contribution in [0.5, 0.6) is 0 Å². The zero-order valence-corrected chi connectivity index (χ0v) is 20.7. The Hall–Kier alpha value is -0.743. The molecule has 0 radical (unpaired) electrons. The molecule has 0 aliphatic carbocycles. The van der Waals surface area contributed by atoms with Crippen molar-refractivity contribution in [3.05, 3.63) is 12.7 Å². The molecule has 27 heavy (non-hydrogen) atoms. The summed E-state index contributed by atoms with van der Waals surface area (Å²) in [5.41, 5.74) is -0.706. The second-order valence-corrected chi connectivity index (χ2v) is 15.3. The largest absolute Gasteiger partial charge is 0.412 e. The highest BCUT2D eigenvalue weighted by Gasteiger charge is 2.47. The number of carbonyl (C=O) groups excluding carboxylic acids is 2. The average molecular weight is 397 g/mol. The van der Waals surface area contributed by atoms with Crippen LogP contribution in [0.25, 0.3) is 0 Å². The van der Waals surface area contributed by atoms with Gasteiger partial charge in [0.25, 0.3) is 0 Å². The molecule has 0 aliphatic heterocycles. The molecule has 0 aromatic rings. The van der Waals surface area contributed by atoms with Crippen molar-refractivity contribution in [2.75, 3.05) is 0 Å². The monoisotopic (exact) mass is 396 g/mol. The van der Waals surface area contributed by atoms with Gasteiger partial charge in [-0.3, -0.25) is 9.59 Å². The molecule has 0 fully saturated rings. The first-order valence-corrected chi connectivity index (χ1v) is 13.2. The van der Waals surface area contributed by atoms with Gasteiger partial charge in [-0.05, 0) is 43.3 Å². The molecule has 0 aliphatic rings. The van der Waals surface area contributed by atoms with E-state index in [9.17, 15) is 9.59 Å². The molecule has 0 amide bonds. The first kappa shape index (κ1) is 26.3. The smallest absolute Gasteiger partial charge is 0.192 e. The van der Waals surface area contributed by atoms with E-state index >= 15 is 0 Å². The third kappa shape index (κ3) is 6.97. The van der Waals surface area contributed by atoms with Crippen LogP contribution in [0.15, 0.2) is 12.7 Å².